The van der Waals surface area contributed by atoms with Crippen LogP contribution < -0.4 is 5.32 Å². The van der Waals surface area contributed by atoms with Gasteiger partial charge in [-0.15, -0.1) is 0 Å². The molecule has 2 aliphatic rings. The summed E-state index contributed by atoms with van der Waals surface area (Å²) in [6.07, 6.45) is 2.80. The van der Waals surface area contributed by atoms with Gasteiger partial charge in [0.05, 0.1) is 6.61 Å². The molecule has 3 nitrogen and oxygen atoms in total. The lowest BCUT2D eigenvalue weighted by molar-refractivity contribution is 0.0788. The number of nitrogens with one attached hydrogen (secondary N) is 1. The SMILES string of the molecule is CN1CCC(CC2NC(C)(C)CO2)C1. The fourth-order valence-corrected chi connectivity index (χ4v) is 2.48. The molecular weight excluding hydrogens is 176 g/mol. The first kappa shape index (κ1) is 10.4. The normalized spacial score (nSPS) is 37.9. The summed E-state index contributed by atoms with van der Waals surface area (Å²) in [7, 11) is 2.20. The van der Waals surface area contributed by atoms with Crippen molar-refractivity contribution < 1.29 is 4.74 Å². The minimum absolute atomic E-state index is 0.176. The van der Waals surface area contributed by atoms with Crippen LogP contribution in [0, 0.1) is 5.92 Å². The third kappa shape index (κ3) is 2.47. The quantitative estimate of drug-likeness (QED) is 0.718. The summed E-state index contributed by atoms with van der Waals surface area (Å²) in [5.41, 5.74) is 0.176. The van der Waals surface area contributed by atoms with Crippen molar-refractivity contribution in [2.75, 3.05) is 26.7 Å². The van der Waals surface area contributed by atoms with Crippen LogP contribution in [0.5, 0.6) is 0 Å². The maximum absolute atomic E-state index is 5.74. The molecule has 1 N–H and O–H groups in total. The third-order valence-corrected chi connectivity index (χ3v) is 3.23. The van der Waals surface area contributed by atoms with Crippen molar-refractivity contribution in [2.45, 2.75) is 38.5 Å². The van der Waals surface area contributed by atoms with Crippen LogP contribution in [0.2, 0.25) is 0 Å². The average Bonchev–Trinajstić information content (AvgIpc) is 2.59. The molecule has 2 unspecified atom stereocenters. The highest BCUT2D eigenvalue weighted by Crippen LogP contribution is 2.24. The zero-order valence-electron chi connectivity index (χ0n) is 9.55. The number of hydrogen-bond acceptors (Lipinski definition) is 3. The fraction of sp³-hybridized carbons (Fsp3) is 1.00. The summed E-state index contributed by atoms with van der Waals surface area (Å²) < 4.78 is 5.74. The molecule has 0 aliphatic carbocycles. The maximum atomic E-state index is 5.74. The smallest absolute Gasteiger partial charge is 0.109 e. The molecule has 0 bridgehead atoms. The Kier molecular flexibility index (Phi) is 2.82. The topological polar surface area (TPSA) is 24.5 Å². The third-order valence-electron chi connectivity index (χ3n) is 3.23. The van der Waals surface area contributed by atoms with Crippen LogP contribution in [0.4, 0.5) is 0 Å². The first-order chi connectivity index (χ1) is 6.55. The monoisotopic (exact) mass is 198 g/mol. The Balaban J connectivity index is 1.76. The van der Waals surface area contributed by atoms with Crippen molar-refractivity contribution in [3.8, 4) is 0 Å². The van der Waals surface area contributed by atoms with Gasteiger partial charge in [0.1, 0.15) is 6.23 Å². The van der Waals surface area contributed by atoms with E-state index in [2.05, 4.69) is 31.1 Å². The summed E-state index contributed by atoms with van der Waals surface area (Å²) in [4.78, 5) is 2.41. The Morgan fingerprint density at radius 1 is 1.50 bits per heavy atom. The zero-order valence-corrected chi connectivity index (χ0v) is 9.55. The zero-order chi connectivity index (χ0) is 10.2. The van der Waals surface area contributed by atoms with Gasteiger partial charge in [0, 0.05) is 12.1 Å². The van der Waals surface area contributed by atoms with E-state index in [-0.39, 0.29) is 5.54 Å². The molecule has 0 radical (unpaired) electrons. The van der Waals surface area contributed by atoms with Gasteiger partial charge in [0.15, 0.2) is 0 Å². The second-order valence-electron chi connectivity index (χ2n) is 5.48. The van der Waals surface area contributed by atoms with Crippen molar-refractivity contribution in [2.24, 2.45) is 5.92 Å². The molecule has 2 saturated heterocycles. The van der Waals surface area contributed by atoms with E-state index in [1.54, 1.807) is 0 Å². The van der Waals surface area contributed by atoms with E-state index in [0.29, 0.717) is 6.23 Å². The number of rotatable bonds is 2. The van der Waals surface area contributed by atoms with Crippen molar-refractivity contribution >= 4 is 0 Å². The highest BCUT2D eigenvalue weighted by atomic mass is 16.5. The lowest BCUT2D eigenvalue weighted by Gasteiger charge is -2.19. The number of ether oxygens (including phenoxy) is 1. The Hall–Kier alpha value is -0.120. The lowest BCUT2D eigenvalue weighted by atomic mass is 10.0. The highest BCUT2D eigenvalue weighted by molar-refractivity contribution is 4.87. The fourth-order valence-electron chi connectivity index (χ4n) is 2.48. The van der Waals surface area contributed by atoms with Gasteiger partial charge in [-0.05, 0) is 46.2 Å². The molecule has 2 aliphatic heterocycles. The van der Waals surface area contributed by atoms with Crippen LogP contribution in [0.15, 0.2) is 0 Å². The van der Waals surface area contributed by atoms with E-state index in [9.17, 15) is 0 Å². The number of hydrogen-bond donors (Lipinski definition) is 1. The van der Waals surface area contributed by atoms with Crippen molar-refractivity contribution in [3.63, 3.8) is 0 Å². The molecule has 2 atom stereocenters. The van der Waals surface area contributed by atoms with E-state index in [4.69, 9.17) is 4.74 Å². The van der Waals surface area contributed by atoms with Gasteiger partial charge in [0.25, 0.3) is 0 Å². The van der Waals surface area contributed by atoms with E-state index in [0.717, 1.165) is 12.5 Å². The minimum atomic E-state index is 0.176. The minimum Gasteiger partial charge on any atom is -0.361 e. The molecule has 0 spiro atoms. The Morgan fingerprint density at radius 3 is 2.79 bits per heavy atom. The maximum Gasteiger partial charge on any atom is 0.109 e. The average molecular weight is 198 g/mol. The van der Waals surface area contributed by atoms with Crippen LogP contribution >= 0.6 is 0 Å². The molecule has 3 heteroatoms. The van der Waals surface area contributed by atoms with Crippen LogP contribution in [0.3, 0.4) is 0 Å². The standard InChI is InChI=1S/C11H22N2O/c1-11(2)8-14-10(12-11)6-9-4-5-13(3)7-9/h9-10,12H,4-8H2,1-3H3. The van der Waals surface area contributed by atoms with Crippen LogP contribution in [0.1, 0.15) is 26.7 Å². The molecule has 0 aromatic carbocycles. The molecule has 0 saturated carbocycles. The highest BCUT2D eigenvalue weighted by Gasteiger charge is 2.33. The van der Waals surface area contributed by atoms with Crippen molar-refractivity contribution in [3.05, 3.63) is 0 Å². The molecule has 2 heterocycles. The van der Waals surface area contributed by atoms with E-state index >= 15 is 0 Å². The van der Waals surface area contributed by atoms with Gasteiger partial charge in [-0.2, -0.15) is 0 Å². The molecule has 14 heavy (non-hydrogen) atoms. The van der Waals surface area contributed by atoms with Crippen LogP contribution in [0.25, 0.3) is 0 Å². The first-order valence-corrected chi connectivity index (χ1v) is 5.63. The summed E-state index contributed by atoms with van der Waals surface area (Å²) in [6.45, 7) is 7.74. The predicted octanol–water partition coefficient (Wildman–Crippen LogP) is 1.05. The Morgan fingerprint density at radius 2 is 2.29 bits per heavy atom. The molecule has 82 valence electrons. The molecule has 0 aromatic heterocycles. The van der Waals surface area contributed by atoms with E-state index in [1.807, 2.05) is 0 Å². The van der Waals surface area contributed by atoms with Gasteiger partial charge in [0.2, 0.25) is 0 Å². The largest absolute Gasteiger partial charge is 0.361 e. The molecule has 0 aromatic rings. The van der Waals surface area contributed by atoms with Gasteiger partial charge in [-0.25, -0.2) is 0 Å². The van der Waals surface area contributed by atoms with Gasteiger partial charge >= 0.3 is 0 Å². The molecule has 2 fully saturated rings. The first-order valence-electron chi connectivity index (χ1n) is 5.63. The van der Waals surface area contributed by atoms with Crippen molar-refractivity contribution in [1.29, 1.82) is 0 Å². The summed E-state index contributed by atoms with van der Waals surface area (Å²) in [6, 6.07) is 0. The van der Waals surface area contributed by atoms with Gasteiger partial charge in [-0.3, -0.25) is 5.32 Å². The lowest BCUT2D eigenvalue weighted by Crippen LogP contribution is -2.39. The van der Waals surface area contributed by atoms with Crippen LogP contribution in [-0.4, -0.2) is 43.4 Å². The number of nitrogens with zero attached hydrogens (tertiary/aromatic N) is 1. The molecule has 2 rings (SSSR count). The van der Waals surface area contributed by atoms with E-state index in [1.165, 1.54) is 25.9 Å². The summed E-state index contributed by atoms with van der Waals surface area (Å²) in [5, 5.41) is 3.53. The molecule has 0 amide bonds. The Bertz CT molecular complexity index is 205. The predicted molar refractivity (Wildman–Crippen MR) is 57.2 cm³/mol. The summed E-state index contributed by atoms with van der Waals surface area (Å²) >= 11 is 0. The van der Waals surface area contributed by atoms with Gasteiger partial charge < -0.3 is 9.64 Å². The second-order valence-corrected chi connectivity index (χ2v) is 5.48. The summed E-state index contributed by atoms with van der Waals surface area (Å²) in [5.74, 6) is 0.825. The number of likely N-dealkylation sites (tertiary alicyclic amines) is 1. The van der Waals surface area contributed by atoms with E-state index < -0.39 is 0 Å². The van der Waals surface area contributed by atoms with Gasteiger partial charge in [-0.1, -0.05) is 0 Å². The van der Waals surface area contributed by atoms with Crippen molar-refractivity contribution in [1.82, 2.24) is 10.2 Å². The molecular formula is C11H22N2O. The second kappa shape index (κ2) is 3.80. The van der Waals surface area contributed by atoms with Crippen LogP contribution in [-0.2, 0) is 4.74 Å². The Labute approximate surface area is 86.8 Å².